The van der Waals surface area contributed by atoms with Gasteiger partial charge in [-0.05, 0) is 33.1 Å². The summed E-state index contributed by atoms with van der Waals surface area (Å²) in [6.07, 6.45) is 3.02. The van der Waals surface area contributed by atoms with Crippen molar-refractivity contribution in [2.24, 2.45) is 5.92 Å². The smallest absolute Gasteiger partial charge is 0.234 e. The zero-order valence-electron chi connectivity index (χ0n) is 11.2. The molecule has 0 saturated heterocycles. The largest absolute Gasteiger partial charge is 0.367 e. The molecule has 5 nitrogen and oxygen atoms in total. The number of hydrogen-bond acceptors (Lipinski definition) is 5. The molecule has 0 spiro atoms. The van der Waals surface area contributed by atoms with Crippen LogP contribution >= 0.6 is 0 Å². The third-order valence-corrected chi connectivity index (χ3v) is 3.44. The molecule has 1 heterocycles. The topological polar surface area (TPSA) is 65.2 Å². The summed E-state index contributed by atoms with van der Waals surface area (Å²) in [6, 6.07) is 0. The third-order valence-electron chi connectivity index (χ3n) is 3.44. The summed E-state index contributed by atoms with van der Waals surface area (Å²) in [4.78, 5) is 16.0. The number of aromatic nitrogens is 2. The van der Waals surface area contributed by atoms with Crippen LogP contribution in [-0.4, -0.2) is 22.5 Å². The fourth-order valence-electron chi connectivity index (χ4n) is 1.88. The van der Waals surface area contributed by atoms with Gasteiger partial charge in [0, 0.05) is 12.5 Å². The van der Waals surface area contributed by atoms with Crippen molar-refractivity contribution >= 4 is 5.78 Å². The Morgan fingerprint density at radius 3 is 2.78 bits per heavy atom. The van der Waals surface area contributed by atoms with Crippen molar-refractivity contribution in [1.29, 1.82) is 0 Å². The summed E-state index contributed by atoms with van der Waals surface area (Å²) >= 11 is 0. The minimum absolute atomic E-state index is 0.208. The molecular weight excluding hydrogens is 232 g/mol. The van der Waals surface area contributed by atoms with E-state index in [0.717, 1.165) is 19.3 Å². The van der Waals surface area contributed by atoms with Gasteiger partial charge in [0.05, 0.1) is 6.42 Å². The molecule has 0 aromatic carbocycles. The first kappa shape index (κ1) is 13.2. The van der Waals surface area contributed by atoms with Gasteiger partial charge in [0.1, 0.15) is 11.4 Å². The highest BCUT2D eigenvalue weighted by molar-refractivity contribution is 5.84. The molecule has 1 aromatic rings. The maximum absolute atomic E-state index is 11.7. The normalized spacial score (nSPS) is 18.6. The van der Waals surface area contributed by atoms with Crippen molar-refractivity contribution in [3.63, 3.8) is 0 Å². The highest BCUT2D eigenvalue weighted by Crippen LogP contribution is 2.31. The lowest BCUT2D eigenvalue weighted by Gasteiger charge is -2.23. The quantitative estimate of drug-likeness (QED) is 0.744. The molecule has 0 N–H and O–H groups in total. The first-order valence-corrected chi connectivity index (χ1v) is 6.58. The Labute approximate surface area is 107 Å². The molecule has 0 aliphatic heterocycles. The average Bonchev–Trinajstić information content (AvgIpc) is 3.10. The van der Waals surface area contributed by atoms with Gasteiger partial charge in [-0.1, -0.05) is 12.1 Å². The van der Waals surface area contributed by atoms with Crippen molar-refractivity contribution in [1.82, 2.24) is 10.1 Å². The fraction of sp³-hybridized carbons (Fsp3) is 0.769. The van der Waals surface area contributed by atoms with Crippen LogP contribution in [0, 0.1) is 5.92 Å². The van der Waals surface area contributed by atoms with E-state index in [1.54, 1.807) is 0 Å². The molecule has 1 atom stereocenters. The summed E-state index contributed by atoms with van der Waals surface area (Å²) in [5, 5.41) is 3.95. The Balaban J connectivity index is 2.06. The van der Waals surface area contributed by atoms with Crippen molar-refractivity contribution in [3.8, 4) is 0 Å². The lowest BCUT2D eigenvalue weighted by Crippen LogP contribution is -2.26. The van der Waals surface area contributed by atoms with Gasteiger partial charge >= 0.3 is 0 Å². The Morgan fingerprint density at radius 2 is 2.22 bits per heavy atom. The first-order chi connectivity index (χ1) is 8.59. The fourth-order valence-corrected chi connectivity index (χ4v) is 1.88. The maximum atomic E-state index is 11.7. The Bertz CT molecular complexity index is 426. The van der Waals surface area contributed by atoms with Crippen LogP contribution in [0.2, 0.25) is 0 Å². The molecule has 5 heteroatoms. The lowest BCUT2D eigenvalue weighted by atomic mass is 10.0. The van der Waals surface area contributed by atoms with Crippen molar-refractivity contribution in [3.05, 3.63) is 11.7 Å². The SMILES string of the molecule is CCOC(C)(CC)c1noc(CC(=O)C2CC2)n1. The number of Topliss-reactive ketones (excluding diaryl/α,β-unsaturated/α-hetero) is 1. The molecule has 1 aliphatic rings. The third kappa shape index (κ3) is 2.77. The zero-order chi connectivity index (χ0) is 13.2. The molecule has 1 unspecified atom stereocenters. The number of ketones is 1. The maximum Gasteiger partial charge on any atom is 0.234 e. The molecule has 1 aliphatic carbocycles. The predicted octanol–water partition coefficient (Wildman–Crippen LogP) is 2.25. The molecule has 0 bridgehead atoms. The molecule has 100 valence electrons. The van der Waals surface area contributed by atoms with E-state index in [2.05, 4.69) is 10.1 Å². The average molecular weight is 252 g/mol. The second-order valence-electron chi connectivity index (χ2n) is 4.95. The number of ether oxygens (including phenoxy) is 1. The molecule has 1 saturated carbocycles. The highest BCUT2D eigenvalue weighted by Gasteiger charge is 2.33. The summed E-state index contributed by atoms with van der Waals surface area (Å²) < 4.78 is 10.8. The summed E-state index contributed by atoms with van der Waals surface area (Å²) in [6.45, 7) is 6.48. The molecule has 1 aromatic heterocycles. The molecule has 18 heavy (non-hydrogen) atoms. The van der Waals surface area contributed by atoms with E-state index in [1.165, 1.54) is 0 Å². The molecule has 2 rings (SSSR count). The van der Waals surface area contributed by atoms with Gasteiger partial charge in [0.15, 0.2) is 0 Å². The van der Waals surface area contributed by atoms with Gasteiger partial charge in [-0.15, -0.1) is 0 Å². The summed E-state index contributed by atoms with van der Waals surface area (Å²) in [5.74, 6) is 1.37. The van der Waals surface area contributed by atoms with E-state index < -0.39 is 5.60 Å². The Morgan fingerprint density at radius 1 is 1.50 bits per heavy atom. The number of carbonyl (C=O) groups excluding carboxylic acids is 1. The minimum Gasteiger partial charge on any atom is -0.367 e. The second kappa shape index (κ2) is 5.18. The summed E-state index contributed by atoms with van der Waals surface area (Å²) in [7, 11) is 0. The van der Waals surface area contributed by atoms with Crippen molar-refractivity contribution < 1.29 is 14.1 Å². The van der Waals surface area contributed by atoms with Crippen LogP contribution in [-0.2, 0) is 21.6 Å². The highest BCUT2D eigenvalue weighted by atomic mass is 16.5. The van der Waals surface area contributed by atoms with Crippen LogP contribution in [0.4, 0.5) is 0 Å². The van der Waals surface area contributed by atoms with E-state index in [1.807, 2.05) is 20.8 Å². The predicted molar refractivity (Wildman–Crippen MR) is 65.0 cm³/mol. The molecule has 1 fully saturated rings. The Hall–Kier alpha value is -1.23. The summed E-state index contributed by atoms with van der Waals surface area (Å²) in [5.41, 5.74) is -0.529. The van der Waals surface area contributed by atoms with Gasteiger partial charge in [-0.2, -0.15) is 4.98 Å². The van der Waals surface area contributed by atoms with E-state index in [4.69, 9.17) is 9.26 Å². The number of hydrogen-bond donors (Lipinski definition) is 0. The first-order valence-electron chi connectivity index (χ1n) is 6.58. The van der Waals surface area contributed by atoms with Crippen LogP contribution in [0.15, 0.2) is 4.52 Å². The lowest BCUT2D eigenvalue weighted by molar-refractivity contribution is -0.119. The monoisotopic (exact) mass is 252 g/mol. The van der Waals surface area contributed by atoms with Crippen molar-refractivity contribution in [2.75, 3.05) is 6.61 Å². The molecule has 0 radical (unpaired) electrons. The number of rotatable bonds is 7. The van der Waals surface area contributed by atoms with E-state index >= 15 is 0 Å². The molecular formula is C13H20N2O3. The molecule has 0 amide bonds. The van der Waals surface area contributed by atoms with Gasteiger partial charge in [-0.25, -0.2) is 0 Å². The van der Waals surface area contributed by atoms with Crippen LogP contribution in [0.5, 0.6) is 0 Å². The van der Waals surface area contributed by atoms with E-state index in [9.17, 15) is 4.79 Å². The number of carbonyl (C=O) groups is 1. The zero-order valence-corrected chi connectivity index (χ0v) is 11.2. The Kier molecular flexibility index (Phi) is 3.80. The van der Waals surface area contributed by atoms with Crippen LogP contribution < -0.4 is 0 Å². The van der Waals surface area contributed by atoms with Gasteiger partial charge in [0.2, 0.25) is 11.7 Å². The van der Waals surface area contributed by atoms with Crippen LogP contribution in [0.1, 0.15) is 51.7 Å². The van der Waals surface area contributed by atoms with Crippen molar-refractivity contribution in [2.45, 2.75) is 52.1 Å². The van der Waals surface area contributed by atoms with Gasteiger partial charge in [0.25, 0.3) is 0 Å². The van der Waals surface area contributed by atoms with Gasteiger partial charge < -0.3 is 9.26 Å². The van der Waals surface area contributed by atoms with E-state index in [0.29, 0.717) is 18.3 Å². The van der Waals surface area contributed by atoms with Crippen LogP contribution in [0.25, 0.3) is 0 Å². The number of nitrogens with zero attached hydrogens (tertiary/aromatic N) is 2. The van der Waals surface area contributed by atoms with Crippen LogP contribution in [0.3, 0.4) is 0 Å². The standard InChI is InChI=1S/C13H20N2O3/c1-4-13(3,17-5-2)12-14-11(18-15-12)8-10(16)9-6-7-9/h9H,4-8H2,1-3H3. The van der Waals surface area contributed by atoms with E-state index in [-0.39, 0.29) is 18.1 Å². The minimum atomic E-state index is -0.529. The second-order valence-corrected chi connectivity index (χ2v) is 4.95. The van der Waals surface area contributed by atoms with Gasteiger partial charge in [-0.3, -0.25) is 4.79 Å².